The fraction of sp³-hybridized carbons (Fsp3) is 0. The summed E-state index contributed by atoms with van der Waals surface area (Å²) in [6.07, 6.45) is 0. The quantitative estimate of drug-likeness (QED) is 0.674. The molecule has 3 aromatic rings. The third-order valence-electron chi connectivity index (χ3n) is 2.84. The molecular formula is C14H10ClN3O2S2. The van der Waals surface area contributed by atoms with E-state index >= 15 is 0 Å². The fourth-order valence-electron chi connectivity index (χ4n) is 1.77. The minimum Gasteiger partial charge on any atom is -0.200 e. The van der Waals surface area contributed by atoms with Crippen LogP contribution in [0.3, 0.4) is 0 Å². The van der Waals surface area contributed by atoms with E-state index in [-0.39, 0.29) is 10.0 Å². The highest BCUT2D eigenvalue weighted by Gasteiger charge is 2.26. The van der Waals surface area contributed by atoms with Crippen molar-refractivity contribution in [3.05, 3.63) is 60.7 Å². The summed E-state index contributed by atoms with van der Waals surface area (Å²) in [6.45, 7) is 0. The number of benzene rings is 2. The van der Waals surface area contributed by atoms with Crippen LogP contribution in [0, 0.1) is 0 Å². The molecule has 0 aliphatic heterocycles. The molecule has 0 bridgehead atoms. The molecule has 0 radical (unpaired) electrons. The molecule has 0 N–H and O–H groups in total. The predicted molar refractivity (Wildman–Crippen MR) is 87.3 cm³/mol. The second-order valence-corrected chi connectivity index (χ2v) is 7.57. The lowest BCUT2D eigenvalue weighted by Gasteiger charge is -2.11. The highest BCUT2D eigenvalue weighted by atomic mass is 35.5. The van der Waals surface area contributed by atoms with E-state index in [9.17, 15) is 8.42 Å². The van der Waals surface area contributed by atoms with Gasteiger partial charge in [0.1, 0.15) is 5.01 Å². The summed E-state index contributed by atoms with van der Waals surface area (Å²) in [5.41, 5.74) is 0.855. The molecule has 5 nitrogen and oxygen atoms in total. The molecule has 0 aliphatic carbocycles. The van der Waals surface area contributed by atoms with E-state index in [0.717, 1.165) is 16.9 Å². The summed E-state index contributed by atoms with van der Waals surface area (Å²) in [5, 5.41) is 8.56. The van der Waals surface area contributed by atoms with Crippen molar-refractivity contribution in [1.82, 2.24) is 10.2 Å². The maximum atomic E-state index is 12.4. The van der Waals surface area contributed by atoms with Gasteiger partial charge in [-0.15, -0.1) is 14.0 Å². The van der Waals surface area contributed by atoms with Crippen molar-refractivity contribution in [2.75, 3.05) is 3.82 Å². The Morgan fingerprint density at radius 2 is 1.50 bits per heavy atom. The molecule has 0 atom stereocenters. The maximum Gasteiger partial charge on any atom is 0.280 e. The summed E-state index contributed by atoms with van der Waals surface area (Å²) in [6, 6.07) is 17.3. The van der Waals surface area contributed by atoms with Crippen LogP contribution < -0.4 is 3.82 Å². The van der Waals surface area contributed by atoms with Crippen molar-refractivity contribution >= 4 is 38.3 Å². The molecule has 2 aromatic carbocycles. The standard InChI is InChI=1S/C14H10ClN3O2S2/c15-18(22(19,20)12-9-5-2-6-10-12)14-17-16-13(21-14)11-7-3-1-4-8-11/h1-10H. The predicted octanol–water partition coefficient (Wildman–Crippen LogP) is 3.55. The molecule has 22 heavy (non-hydrogen) atoms. The molecule has 0 aliphatic rings. The van der Waals surface area contributed by atoms with Crippen LogP contribution in [0.25, 0.3) is 10.6 Å². The van der Waals surface area contributed by atoms with Crippen LogP contribution in [0.4, 0.5) is 5.13 Å². The van der Waals surface area contributed by atoms with Crippen LogP contribution in [0.5, 0.6) is 0 Å². The summed E-state index contributed by atoms with van der Waals surface area (Å²) < 4.78 is 25.5. The zero-order chi connectivity index (χ0) is 15.6. The molecule has 0 spiro atoms. The van der Waals surface area contributed by atoms with E-state index in [4.69, 9.17) is 11.8 Å². The lowest BCUT2D eigenvalue weighted by Crippen LogP contribution is -2.21. The first-order chi connectivity index (χ1) is 10.6. The van der Waals surface area contributed by atoms with E-state index in [1.807, 2.05) is 30.3 Å². The Morgan fingerprint density at radius 1 is 0.909 bits per heavy atom. The highest BCUT2D eigenvalue weighted by Crippen LogP contribution is 2.32. The summed E-state index contributed by atoms with van der Waals surface area (Å²) in [7, 11) is -3.85. The van der Waals surface area contributed by atoms with Gasteiger partial charge in [0.25, 0.3) is 10.0 Å². The lowest BCUT2D eigenvalue weighted by molar-refractivity contribution is 0.598. The van der Waals surface area contributed by atoms with Gasteiger partial charge in [0.15, 0.2) is 0 Å². The third kappa shape index (κ3) is 2.83. The van der Waals surface area contributed by atoms with Crippen molar-refractivity contribution in [2.24, 2.45) is 0 Å². The summed E-state index contributed by atoms with van der Waals surface area (Å²) in [5.74, 6) is 0. The zero-order valence-corrected chi connectivity index (χ0v) is 13.5. The van der Waals surface area contributed by atoms with Crippen molar-refractivity contribution in [1.29, 1.82) is 0 Å². The van der Waals surface area contributed by atoms with Crippen LogP contribution in [-0.4, -0.2) is 18.6 Å². The van der Waals surface area contributed by atoms with Crippen molar-refractivity contribution in [3.63, 3.8) is 0 Å². The van der Waals surface area contributed by atoms with Gasteiger partial charge < -0.3 is 0 Å². The molecule has 0 unspecified atom stereocenters. The number of rotatable bonds is 4. The van der Waals surface area contributed by atoms with Gasteiger partial charge >= 0.3 is 0 Å². The SMILES string of the molecule is O=S(=O)(c1ccccc1)N(Cl)c1nnc(-c2ccccc2)s1. The van der Waals surface area contributed by atoms with Crippen LogP contribution >= 0.6 is 23.1 Å². The monoisotopic (exact) mass is 351 g/mol. The highest BCUT2D eigenvalue weighted by molar-refractivity contribution is 7.94. The number of hydrogen-bond donors (Lipinski definition) is 0. The molecule has 1 aromatic heterocycles. The van der Waals surface area contributed by atoms with Gasteiger partial charge in [-0.2, -0.15) is 8.42 Å². The molecule has 0 saturated heterocycles. The van der Waals surface area contributed by atoms with Crippen molar-refractivity contribution in [2.45, 2.75) is 4.90 Å². The van der Waals surface area contributed by atoms with E-state index in [1.165, 1.54) is 12.1 Å². The lowest BCUT2D eigenvalue weighted by atomic mass is 10.2. The third-order valence-corrected chi connectivity index (χ3v) is 6.18. The first kappa shape index (κ1) is 15.0. The first-order valence-corrected chi connectivity index (χ1v) is 8.83. The van der Waals surface area contributed by atoms with E-state index in [2.05, 4.69) is 10.2 Å². The molecule has 3 rings (SSSR count). The molecule has 1 heterocycles. The molecule has 0 fully saturated rings. The Hall–Kier alpha value is -1.96. The van der Waals surface area contributed by atoms with Crippen LogP contribution in [0.1, 0.15) is 0 Å². The van der Waals surface area contributed by atoms with Gasteiger partial charge in [0.05, 0.1) is 4.90 Å². The Bertz CT molecular complexity index is 867. The number of aromatic nitrogens is 2. The average molecular weight is 352 g/mol. The van der Waals surface area contributed by atoms with Crippen molar-refractivity contribution < 1.29 is 8.42 Å². The Kier molecular flexibility index (Phi) is 4.10. The van der Waals surface area contributed by atoms with Gasteiger partial charge in [-0.1, -0.05) is 59.9 Å². The Morgan fingerprint density at radius 3 is 2.14 bits per heavy atom. The van der Waals surface area contributed by atoms with Crippen molar-refractivity contribution in [3.8, 4) is 10.6 Å². The topological polar surface area (TPSA) is 63.2 Å². The Balaban J connectivity index is 1.94. The first-order valence-electron chi connectivity index (χ1n) is 6.24. The second kappa shape index (κ2) is 6.04. The van der Waals surface area contributed by atoms with Gasteiger partial charge in [-0.05, 0) is 12.1 Å². The van der Waals surface area contributed by atoms with Gasteiger partial charge in [0.2, 0.25) is 5.13 Å². The van der Waals surface area contributed by atoms with Crippen LogP contribution in [0.2, 0.25) is 0 Å². The number of hydrogen-bond acceptors (Lipinski definition) is 5. The van der Waals surface area contributed by atoms with Crippen LogP contribution in [-0.2, 0) is 10.0 Å². The minimum absolute atomic E-state index is 0.0986. The Labute approximate surface area is 137 Å². The van der Waals surface area contributed by atoms with E-state index in [0.29, 0.717) is 8.83 Å². The average Bonchev–Trinajstić information content (AvgIpc) is 3.05. The summed E-state index contributed by atoms with van der Waals surface area (Å²) in [4.78, 5) is 0.0986. The number of anilines is 1. The minimum atomic E-state index is -3.85. The molecular weight excluding hydrogens is 342 g/mol. The molecule has 8 heteroatoms. The van der Waals surface area contributed by atoms with Gasteiger partial charge in [-0.3, -0.25) is 0 Å². The number of halogens is 1. The largest absolute Gasteiger partial charge is 0.280 e. The van der Waals surface area contributed by atoms with Gasteiger partial charge in [-0.25, -0.2) is 0 Å². The second-order valence-electron chi connectivity index (χ2n) is 4.29. The van der Waals surface area contributed by atoms with Crippen LogP contribution in [0.15, 0.2) is 65.6 Å². The number of sulfonamides is 1. The maximum absolute atomic E-state index is 12.4. The van der Waals surface area contributed by atoms with Gasteiger partial charge in [0, 0.05) is 17.3 Å². The number of nitrogens with zero attached hydrogens (tertiary/aromatic N) is 3. The normalized spacial score (nSPS) is 11.3. The zero-order valence-electron chi connectivity index (χ0n) is 11.1. The molecule has 0 saturated carbocycles. The summed E-state index contributed by atoms with van der Waals surface area (Å²) >= 11 is 7.09. The molecule has 0 amide bonds. The van der Waals surface area contributed by atoms with E-state index in [1.54, 1.807) is 18.2 Å². The van der Waals surface area contributed by atoms with E-state index < -0.39 is 10.0 Å². The smallest absolute Gasteiger partial charge is 0.200 e. The fourth-order valence-corrected chi connectivity index (χ4v) is 4.14. The molecule has 112 valence electrons.